The molecule has 28 heavy (non-hydrogen) atoms. The van der Waals surface area contributed by atoms with E-state index < -0.39 is 13.0 Å². The normalized spacial score (nSPS) is 15.2. The predicted molar refractivity (Wildman–Crippen MR) is 107 cm³/mol. The van der Waals surface area contributed by atoms with Crippen molar-refractivity contribution in [2.75, 3.05) is 38.6 Å². The molecule has 0 aromatic carbocycles. The third-order valence-electron chi connectivity index (χ3n) is 4.73. The molecule has 1 saturated heterocycles. The first-order chi connectivity index (χ1) is 13.4. The van der Waals surface area contributed by atoms with E-state index in [0.29, 0.717) is 16.6 Å². The molecule has 0 amide bonds. The van der Waals surface area contributed by atoms with Crippen molar-refractivity contribution in [3.05, 3.63) is 40.9 Å². The van der Waals surface area contributed by atoms with Gasteiger partial charge in [0.1, 0.15) is 11.7 Å². The van der Waals surface area contributed by atoms with Gasteiger partial charge in [0.15, 0.2) is 0 Å². The Morgan fingerprint density at radius 3 is 2.68 bits per heavy atom. The maximum atomic E-state index is 12.4. The second-order valence-electron chi connectivity index (χ2n) is 7.31. The Labute approximate surface area is 169 Å². The summed E-state index contributed by atoms with van der Waals surface area (Å²) in [6.07, 6.45) is 4.47. The topological polar surface area (TPSA) is 37.2 Å². The lowest BCUT2D eigenvalue weighted by atomic mass is 9.95. The number of nitrogens with zero attached hydrogens (tertiary/aromatic N) is 5. The highest BCUT2D eigenvalue weighted by atomic mass is 35.5. The summed E-state index contributed by atoms with van der Waals surface area (Å²) in [6.45, 7) is 2.55. The summed E-state index contributed by atoms with van der Waals surface area (Å²) in [5, 5.41) is 4.34. The number of rotatable bonds is 5. The van der Waals surface area contributed by atoms with E-state index in [-0.39, 0.29) is 0 Å². The standard InChI is InChI=1S/C20H24ClF2N5/c1-26(2)12-15-5-7-27(8-6-15)18-9-19(21)24-11-17(18)4-3-16-10-25-28(13-16)14-20(22)23/h9-11,13,15,20H,5-8,12,14H2,1-2H3. The molecule has 0 bridgehead atoms. The minimum Gasteiger partial charge on any atom is -0.370 e. The summed E-state index contributed by atoms with van der Waals surface area (Å²) in [6, 6.07) is 1.85. The molecule has 1 aliphatic rings. The maximum Gasteiger partial charge on any atom is 0.257 e. The fraction of sp³-hybridized carbons (Fsp3) is 0.500. The lowest BCUT2D eigenvalue weighted by Gasteiger charge is -2.35. The van der Waals surface area contributed by atoms with E-state index in [1.54, 1.807) is 6.20 Å². The molecular weight excluding hydrogens is 384 g/mol. The van der Waals surface area contributed by atoms with Gasteiger partial charge in [-0.1, -0.05) is 23.4 Å². The van der Waals surface area contributed by atoms with Crippen LogP contribution in [0.4, 0.5) is 14.5 Å². The van der Waals surface area contributed by atoms with Gasteiger partial charge in [-0.15, -0.1) is 0 Å². The first kappa shape index (κ1) is 20.6. The number of hydrogen-bond acceptors (Lipinski definition) is 4. The van der Waals surface area contributed by atoms with Crippen LogP contribution in [0.2, 0.25) is 5.15 Å². The van der Waals surface area contributed by atoms with Gasteiger partial charge in [-0.05, 0) is 32.9 Å². The van der Waals surface area contributed by atoms with Crippen LogP contribution in [0.15, 0.2) is 24.7 Å². The Bertz CT molecular complexity index is 848. The highest BCUT2D eigenvalue weighted by molar-refractivity contribution is 6.29. The number of alkyl halides is 2. The van der Waals surface area contributed by atoms with Crippen LogP contribution >= 0.6 is 11.6 Å². The number of piperidine rings is 1. The number of anilines is 1. The van der Waals surface area contributed by atoms with Crippen molar-refractivity contribution in [3.63, 3.8) is 0 Å². The Morgan fingerprint density at radius 1 is 1.25 bits per heavy atom. The smallest absolute Gasteiger partial charge is 0.257 e. The number of aromatic nitrogens is 3. The third-order valence-corrected chi connectivity index (χ3v) is 4.93. The zero-order chi connectivity index (χ0) is 20.1. The molecule has 0 unspecified atom stereocenters. The summed E-state index contributed by atoms with van der Waals surface area (Å²) >= 11 is 6.13. The van der Waals surface area contributed by atoms with E-state index in [1.807, 2.05) is 6.07 Å². The van der Waals surface area contributed by atoms with Crippen molar-refractivity contribution in [3.8, 4) is 11.8 Å². The molecule has 0 aliphatic carbocycles. The van der Waals surface area contributed by atoms with Crippen molar-refractivity contribution in [2.24, 2.45) is 5.92 Å². The molecule has 3 rings (SSSR count). The molecular formula is C20H24ClF2N5. The molecule has 8 heteroatoms. The largest absolute Gasteiger partial charge is 0.370 e. The summed E-state index contributed by atoms with van der Waals surface area (Å²) in [5.41, 5.74) is 2.33. The first-order valence-corrected chi connectivity index (χ1v) is 9.66. The van der Waals surface area contributed by atoms with Crippen LogP contribution in [0.3, 0.4) is 0 Å². The van der Waals surface area contributed by atoms with Gasteiger partial charge in [-0.3, -0.25) is 4.68 Å². The van der Waals surface area contributed by atoms with Crippen LogP contribution in [-0.2, 0) is 6.54 Å². The minimum atomic E-state index is -2.44. The second-order valence-corrected chi connectivity index (χ2v) is 7.70. The van der Waals surface area contributed by atoms with Crippen LogP contribution < -0.4 is 4.90 Å². The zero-order valence-electron chi connectivity index (χ0n) is 16.1. The monoisotopic (exact) mass is 407 g/mol. The summed E-state index contributed by atoms with van der Waals surface area (Å²) in [5.74, 6) is 6.79. The van der Waals surface area contributed by atoms with Crippen LogP contribution in [0.5, 0.6) is 0 Å². The molecule has 0 radical (unpaired) electrons. The Kier molecular flexibility index (Phi) is 6.87. The van der Waals surface area contributed by atoms with Crippen LogP contribution in [0.25, 0.3) is 0 Å². The van der Waals surface area contributed by atoms with E-state index in [0.717, 1.165) is 43.7 Å². The van der Waals surface area contributed by atoms with Gasteiger partial charge in [0.05, 0.1) is 23.0 Å². The van der Waals surface area contributed by atoms with E-state index in [4.69, 9.17) is 11.6 Å². The summed E-state index contributed by atoms with van der Waals surface area (Å²) < 4.78 is 26.1. The Balaban J connectivity index is 1.74. The van der Waals surface area contributed by atoms with Gasteiger partial charge >= 0.3 is 0 Å². The average Bonchev–Trinajstić information content (AvgIpc) is 3.07. The summed E-state index contributed by atoms with van der Waals surface area (Å²) in [4.78, 5) is 8.68. The van der Waals surface area contributed by atoms with Crippen LogP contribution in [-0.4, -0.2) is 59.8 Å². The highest BCUT2D eigenvalue weighted by Gasteiger charge is 2.21. The lowest BCUT2D eigenvalue weighted by Crippen LogP contribution is -2.37. The SMILES string of the molecule is CN(C)CC1CCN(c2cc(Cl)ncc2C#Cc2cnn(CC(F)F)c2)CC1. The molecule has 0 N–H and O–H groups in total. The van der Waals surface area contributed by atoms with E-state index >= 15 is 0 Å². The lowest BCUT2D eigenvalue weighted by molar-refractivity contribution is 0.122. The predicted octanol–water partition coefficient (Wildman–Crippen LogP) is 3.37. The molecule has 5 nitrogen and oxygen atoms in total. The van der Waals surface area contributed by atoms with Gasteiger partial charge in [-0.2, -0.15) is 5.10 Å². The zero-order valence-corrected chi connectivity index (χ0v) is 16.8. The molecule has 0 spiro atoms. The number of hydrogen-bond donors (Lipinski definition) is 0. The average molecular weight is 408 g/mol. The van der Waals surface area contributed by atoms with Gasteiger partial charge < -0.3 is 9.80 Å². The van der Waals surface area contributed by atoms with Crippen LogP contribution in [0, 0.1) is 17.8 Å². The van der Waals surface area contributed by atoms with Crippen molar-refractivity contribution < 1.29 is 8.78 Å². The van der Waals surface area contributed by atoms with Crippen molar-refractivity contribution in [2.45, 2.75) is 25.8 Å². The van der Waals surface area contributed by atoms with Gasteiger partial charge in [0, 0.05) is 38.1 Å². The van der Waals surface area contributed by atoms with Crippen molar-refractivity contribution >= 4 is 17.3 Å². The Hall–Kier alpha value is -2.17. The van der Waals surface area contributed by atoms with E-state index in [9.17, 15) is 8.78 Å². The van der Waals surface area contributed by atoms with E-state index in [2.05, 4.69) is 45.8 Å². The molecule has 0 saturated carbocycles. The quantitative estimate of drug-likeness (QED) is 0.562. The van der Waals surface area contributed by atoms with Gasteiger partial charge in [0.2, 0.25) is 0 Å². The van der Waals surface area contributed by atoms with Crippen LogP contribution in [0.1, 0.15) is 24.0 Å². The molecule has 1 aliphatic heterocycles. The van der Waals surface area contributed by atoms with Gasteiger partial charge in [0.25, 0.3) is 6.43 Å². The third kappa shape index (κ3) is 5.66. The van der Waals surface area contributed by atoms with Crippen molar-refractivity contribution in [1.29, 1.82) is 0 Å². The second kappa shape index (κ2) is 9.35. The number of pyridine rings is 1. The summed E-state index contributed by atoms with van der Waals surface area (Å²) in [7, 11) is 4.21. The Morgan fingerprint density at radius 2 is 2.00 bits per heavy atom. The minimum absolute atomic E-state index is 0.431. The maximum absolute atomic E-state index is 12.4. The van der Waals surface area contributed by atoms with Gasteiger partial charge in [-0.25, -0.2) is 13.8 Å². The van der Waals surface area contributed by atoms with E-state index in [1.165, 1.54) is 17.1 Å². The molecule has 0 atom stereocenters. The fourth-order valence-corrected chi connectivity index (χ4v) is 3.61. The molecule has 150 valence electrons. The molecule has 2 aromatic rings. The molecule has 1 fully saturated rings. The molecule has 3 heterocycles. The number of halogens is 3. The highest BCUT2D eigenvalue weighted by Crippen LogP contribution is 2.28. The fourth-order valence-electron chi connectivity index (χ4n) is 3.46. The van der Waals surface area contributed by atoms with Crippen molar-refractivity contribution in [1.82, 2.24) is 19.7 Å². The first-order valence-electron chi connectivity index (χ1n) is 9.28. The molecule has 2 aromatic heterocycles.